The van der Waals surface area contributed by atoms with Gasteiger partial charge in [0.1, 0.15) is 11.3 Å². The van der Waals surface area contributed by atoms with Crippen LogP contribution in [-0.4, -0.2) is 18.2 Å². The second kappa shape index (κ2) is 14.0. The molecule has 7 aromatic rings. The van der Waals surface area contributed by atoms with E-state index in [1.807, 2.05) is 60.7 Å². The number of ether oxygens (including phenoxy) is 1. The van der Waals surface area contributed by atoms with Gasteiger partial charge in [0.2, 0.25) is 0 Å². The Bertz CT molecular complexity index is 2250. The average molecular weight is 613 g/mol. The number of benzene rings is 6. The van der Waals surface area contributed by atoms with Crippen LogP contribution in [0.15, 0.2) is 143 Å². The summed E-state index contributed by atoms with van der Waals surface area (Å²) in [5.41, 5.74) is 4.32. The van der Waals surface area contributed by atoms with Crippen molar-refractivity contribution in [1.29, 1.82) is 0 Å². The molecule has 0 aliphatic heterocycles. The standard InChI is InChI=1S/C30H18.C12H10O5/c1-3-11-23(12-4-1)19-21-29-25-15-7-9-17-27(25)30(28-18-10-8-16-26(28)29)22-20-24-13-5-2-6-14-24;1-16-8-2-3-9-7(4-11(13)14)5-12(15)17-10(9)6-8/h1-18H;2-3,5-6H,4H2,1H3,(H,13,14). The topological polar surface area (TPSA) is 76.7 Å². The van der Waals surface area contributed by atoms with Crippen LogP contribution in [-0.2, 0) is 11.2 Å². The van der Waals surface area contributed by atoms with Gasteiger partial charge in [-0.05, 0) is 63.5 Å². The molecule has 0 saturated carbocycles. The van der Waals surface area contributed by atoms with E-state index < -0.39 is 11.6 Å². The van der Waals surface area contributed by atoms with Crippen molar-refractivity contribution in [2.24, 2.45) is 0 Å². The zero-order valence-corrected chi connectivity index (χ0v) is 25.5. The van der Waals surface area contributed by atoms with Crippen molar-refractivity contribution in [3.63, 3.8) is 0 Å². The molecule has 0 unspecified atom stereocenters. The largest absolute Gasteiger partial charge is 0.497 e. The molecule has 5 nitrogen and oxygen atoms in total. The molecule has 0 fully saturated rings. The number of hydrogen-bond donors (Lipinski definition) is 1. The van der Waals surface area contributed by atoms with Crippen LogP contribution in [0.25, 0.3) is 32.5 Å². The summed E-state index contributed by atoms with van der Waals surface area (Å²) >= 11 is 0. The van der Waals surface area contributed by atoms with E-state index in [0.717, 1.165) is 43.8 Å². The smallest absolute Gasteiger partial charge is 0.336 e. The summed E-state index contributed by atoms with van der Waals surface area (Å²) in [5, 5.41) is 13.9. The number of carbonyl (C=O) groups is 1. The quantitative estimate of drug-likeness (QED) is 0.124. The van der Waals surface area contributed by atoms with Crippen molar-refractivity contribution in [3.05, 3.63) is 172 Å². The number of carboxylic acids is 1. The number of fused-ring (bicyclic) bond motifs is 3. The second-order valence-electron chi connectivity index (χ2n) is 10.6. The van der Waals surface area contributed by atoms with E-state index in [2.05, 4.69) is 72.2 Å². The second-order valence-corrected chi connectivity index (χ2v) is 10.6. The van der Waals surface area contributed by atoms with E-state index in [4.69, 9.17) is 14.3 Å². The third-order valence-electron chi connectivity index (χ3n) is 7.52. The van der Waals surface area contributed by atoms with Crippen molar-refractivity contribution in [2.45, 2.75) is 6.42 Å². The molecule has 0 aliphatic carbocycles. The summed E-state index contributed by atoms with van der Waals surface area (Å²) < 4.78 is 10.0. The van der Waals surface area contributed by atoms with Gasteiger partial charge in [0.25, 0.3) is 0 Å². The van der Waals surface area contributed by atoms with E-state index in [1.165, 1.54) is 13.2 Å². The zero-order chi connectivity index (χ0) is 32.6. The van der Waals surface area contributed by atoms with Gasteiger partial charge in [-0.1, -0.05) is 109 Å². The van der Waals surface area contributed by atoms with Gasteiger partial charge >= 0.3 is 11.6 Å². The lowest BCUT2D eigenvalue weighted by molar-refractivity contribution is -0.136. The van der Waals surface area contributed by atoms with E-state index in [0.29, 0.717) is 22.3 Å². The molecule has 1 N–H and O–H groups in total. The molecule has 47 heavy (non-hydrogen) atoms. The minimum absolute atomic E-state index is 0.214. The Morgan fingerprint density at radius 1 is 0.617 bits per heavy atom. The van der Waals surface area contributed by atoms with Crippen molar-refractivity contribution < 1.29 is 19.1 Å². The summed E-state index contributed by atoms with van der Waals surface area (Å²) in [6, 6.07) is 43.2. The van der Waals surface area contributed by atoms with Gasteiger partial charge in [-0.25, -0.2) is 4.79 Å². The number of carboxylic acid groups (broad SMARTS) is 1. The maximum Gasteiger partial charge on any atom is 0.336 e. The predicted octanol–water partition coefficient (Wildman–Crippen LogP) is 8.22. The monoisotopic (exact) mass is 612 g/mol. The normalized spacial score (nSPS) is 10.2. The Labute approximate surface area is 271 Å². The first-order valence-electron chi connectivity index (χ1n) is 14.9. The minimum Gasteiger partial charge on any atom is -0.497 e. The highest BCUT2D eigenvalue weighted by Gasteiger charge is 2.12. The Kier molecular flexibility index (Phi) is 9.10. The molecule has 7 rings (SSSR count). The summed E-state index contributed by atoms with van der Waals surface area (Å²) in [6.07, 6.45) is -0.214. The Morgan fingerprint density at radius 2 is 1.09 bits per heavy atom. The molecule has 5 heteroatoms. The van der Waals surface area contributed by atoms with Crippen LogP contribution >= 0.6 is 0 Å². The lowest BCUT2D eigenvalue weighted by Gasteiger charge is -2.10. The van der Waals surface area contributed by atoms with Crippen molar-refractivity contribution >= 4 is 38.5 Å². The molecule has 0 saturated heterocycles. The van der Waals surface area contributed by atoms with Crippen LogP contribution in [0.4, 0.5) is 0 Å². The van der Waals surface area contributed by atoms with Crippen LogP contribution in [0.3, 0.4) is 0 Å². The molecular weight excluding hydrogens is 584 g/mol. The Balaban J connectivity index is 0.000000193. The molecule has 0 aliphatic rings. The highest BCUT2D eigenvalue weighted by atomic mass is 16.5. The Hall–Kier alpha value is -6.56. The third-order valence-corrected chi connectivity index (χ3v) is 7.52. The first-order valence-corrected chi connectivity index (χ1v) is 14.9. The maximum atomic E-state index is 11.3. The van der Waals surface area contributed by atoms with Crippen molar-refractivity contribution in [1.82, 2.24) is 0 Å². The molecule has 0 radical (unpaired) electrons. The molecule has 1 aromatic heterocycles. The molecule has 0 atom stereocenters. The van der Waals surface area contributed by atoms with Gasteiger partial charge in [0.05, 0.1) is 13.5 Å². The number of hydrogen-bond acceptors (Lipinski definition) is 4. The lowest BCUT2D eigenvalue weighted by Crippen LogP contribution is -2.06. The maximum absolute atomic E-state index is 11.3. The molecule has 0 bridgehead atoms. The Morgan fingerprint density at radius 3 is 1.53 bits per heavy atom. The van der Waals surface area contributed by atoms with Gasteiger partial charge in [0.15, 0.2) is 0 Å². The SMILES string of the molecule is C(#Cc1c2ccccc2c(C#Cc2ccccc2)c2ccccc12)c1ccccc1.COc1ccc2c(CC(=O)O)cc(=O)oc2c1. The van der Waals surface area contributed by atoms with Gasteiger partial charge < -0.3 is 14.3 Å². The fourth-order valence-corrected chi connectivity index (χ4v) is 5.36. The van der Waals surface area contributed by atoms with E-state index in [1.54, 1.807) is 18.2 Å². The lowest BCUT2D eigenvalue weighted by atomic mass is 9.92. The highest BCUT2D eigenvalue weighted by molar-refractivity contribution is 6.09. The van der Waals surface area contributed by atoms with Crippen molar-refractivity contribution in [2.75, 3.05) is 7.11 Å². The fourth-order valence-electron chi connectivity index (χ4n) is 5.36. The van der Waals surface area contributed by atoms with E-state index >= 15 is 0 Å². The van der Waals surface area contributed by atoms with Gasteiger partial charge in [0, 0.05) is 39.8 Å². The highest BCUT2D eigenvalue weighted by Crippen LogP contribution is 2.32. The van der Waals surface area contributed by atoms with Crippen LogP contribution in [0.1, 0.15) is 27.8 Å². The van der Waals surface area contributed by atoms with Gasteiger partial charge in [-0.15, -0.1) is 0 Å². The minimum atomic E-state index is -0.993. The first kappa shape index (κ1) is 30.5. The van der Waals surface area contributed by atoms with Crippen LogP contribution in [0.5, 0.6) is 5.75 Å². The molecule has 0 amide bonds. The van der Waals surface area contributed by atoms with Gasteiger partial charge in [-0.2, -0.15) is 0 Å². The number of aliphatic carboxylic acids is 1. The average Bonchev–Trinajstić information content (AvgIpc) is 3.10. The fraction of sp³-hybridized carbons (Fsp3) is 0.0476. The summed E-state index contributed by atoms with van der Waals surface area (Å²) in [5.74, 6) is 13.1. The molecule has 6 aromatic carbocycles. The van der Waals surface area contributed by atoms with Crippen LogP contribution < -0.4 is 10.4 Å². The molecule has 1 heterocycles. The van der Waals surface area contributed by atoms with Gasteiger partial charge in [-0.3, -0.25) is 4.79 Å². The summed E-state index contributed by atoms with van der Waals surface area (Å²) in [4.78, 5) is 22.0. The molecular formula is C42H28O5. The summed E-state index contributed by atoms with van der Waals surface area (Å²) in [7, 11) is 1.50. The zero-order valence-electron chi connectivity index (χ0n) is 25.5. The number of methoxy groups -OCH3 is 1. The van der Waals surface area contributed by atoms with Crippen LogP contribution in [0.2, 0.25) is 0 Å². The van der Waals surface area contributed by atoms with E-state index in [9.17, 15) is 9.59 Å². The van der Waals surface area contributed by atoms with Crippen LogP contribution in [0, 0.1) is 23.7 Å². The molecule has 226 valence electrons. The first-order chi connectivity index (χ1) is 23.0. The third kappa shape index (κ3) is 7.07. The predicted molar refractivity (Wildman–Crippen MR) is 187 cm³/mol. The number of rotatable bonds is 3. The van der Waals surface area contributed by atoms with Crippen molar-refractivity contribution in [3.8, 4) is 29.4 Å². The molecule has 0 spiro atoms. The van der Waals surface area contributed by atoms with E-state index in [-0.39, 0.29) is 6.42 Å². The summed E-state index contributed by atoms with van der Waals surface area (Å²) in [6.45, 7) is 0.